The van der Waals surface area contributed by atoms with E-state index in [0.29, 0.717) is 13.0 Å². The highest BCUT2D eigenvalue weighted by atomic mass is 35.5. The third kappa shape index (κ3) is 5.69. The van der Waals surface area contributed by atoms with Crippen molar-refractivity contribution in [3.8, 4) is 0 Å². The highest BCUT2D eigenvalue weighted by Crippen LogP contribution is 2.19. The quantitative estimate of drug-likeness (QED) is 0.552. The molecule has 6 heteroatoms. The summed E-state index contributed by atoms with van der Waals surface area (Å²) in [4.78, 5) is 27.9. The Morgan fingerprint density at radius 2 is 1.78 bits per heavy atom. The number of hydrogen-bond donors (Lipinski definition) is 0. The number of hydrogen-bond acceptors (Lipinski definition) is 4. The zero-order valence-electron chi connectivity index (χ0n) is 11.8. The normalized spacial score (nSPS) is 11.5. The van der Waals surface area contributed by atoms with Crippen molar-refractivity contribution in [2.24, 2.45) is 0 Å². The Bertz CT molecular complexity index is 290. The van der Waals surface area contributed by atoms with E-state index in [1.807, 2.05) is 34.6 Å². The van der Waals surface area contributed by atoms with Gasteiger partial charge in [-0.3, -0.25) is 4.79 Å². The molecule has 0 aliphatic rings. The van der Waals surface area contributed by atoms with E-state index in [1.54, 1.807) is 0 Å². The highest BCUT2D eigenvalue weighted by Gasteiger charge is 2.33. The molecule has 0 N–H and O–H groups in total. The molecule has 1 amide bonds. The van der Waals surface area contributed by atoms with E-state index in [1.165, 1.54) is 10.2 Å². The van der Waals surface area contributed by atoms with E-state index >= 15 is 0 Å². The number of carbonyl (C=O) groups excluding carboxylic acids is 2. The summed E-state index contributed by atoms with van der Waals surface area (Å²) in [6, 6.07) is 0. The van der Waals surface area contributed by atoms with Gasteiger partial charge >= 0.3 is 5.43 Å². The van der Waals surface area contributed by atoms with Crippen LogP contribution in [-0.2, 0) is 9.63 Å². The monoisotopic (exact) mass is 278 g/mol. The lowest BCUT2D eigenvalue weighted by molar-refractivity contribution is -0.273. The molecule has 106 valence electrons. The molecule has 0 heterocycles. The van der Waals surface area contributed by atoms with Crippen molar-refractivity contribution in [3.63, 3.8) is 0 Å². The van der Waals surface area contributed by atoms with Crippen molar-refractivity contribution in [2.45, 2.75) is 59.4 Å². The molecule has 0 aromatic heterocycles. The Morgan fingerprint density at radius 3 is 2.11 bits per heavy atom. The zero-order valence-corrected chi connectivity index (χ0v) is 12.6. The average molecular weight is 279 g/mol. The lowest BCUT2D eigenvalue weighted by Crippen LogP contribution is -2.55. The van der Waals surface area contributed by atoms with Crippen molar-refractivity contribution in [1.82, 2.24) is 10.2 Å². The summed E-state index contributed by atoms with van der Waals surface area (Å²) in [6.45, 7) is 9.77. The number of hydrazine groups is 1. The SMILES string of the molecule is CCCCC(=O)N(CC)N(OC(=O)Cl)C(C)(C)C. The van der Waals surface area contributed by atoms with Gasteiger partial charge < -0.3 is 4.84 Å². The minimum Gasteiger partial charge on any atom is -0.334 e. The summed E-state index contributed by atoms with van der Waals surface area (Å²) in [5.74, 6) is -0.0767. The minimum atomic E-state index is -0.952. The Morgan fingerprint density at radius 1 is 1.22 bits per heavy atom. The lowest BCUT2D eigenvalue weighted by Gasteiger charge is -2.39. The first-order valence-corrected chi connectivity index (χ1v) is 6.59. The number of amides is 1. The van der Waals surface area contributed by atoms with Gasteiger partial charge in [0, 0.05) is 24.6 Å². The molecule has 0 radical (unpaired) electrons. The van der Waals surface area contributed by atoms with E-state index in [9.17, 15) is 9.59 Å². The molecular weight excluding hydrogens is 256 g/mol. The van der Waals surface area contributed by atoms with Crippen LogP contribution < -0.4 is 0 Å². The van der Waals surface area contributed by atoms with Crippen LogP contribution in [0.25, 0.3) is 0 Å². The predicted molar refractivity (Wildman–Crippen MR) is 70.8 cm³/mol. The van der Waals surface area contributed by atoms with Gasteiger partial charge in [-0.1, -0.05) is 13.3 Å². The van der Waals surface area contributed by atoms with Crippen LogP contribution >= 0.6 is 11.6 Å². The molecule has 0 aliphatic carbocycles. The van der Waals surface area contributed by atoms with Gasteiger partial charge in [-0.15, -0.1) is 0 Å². The standard InChI is InChI=1S/C12H23ClN2O3/c1-6-8-9-10(16)14(7-2)15(12(3,4)5)18-11(13)17/h6-9H2,1-5H3. The summed E-state index contributed by atoms with van der Waals surface area (Å²) >= 11 is 5.25. The maximum atomic E-state index is 12.1. The van der Waals surface area contributed by atoms with Crippen LogP contribution in [0.4, 0.5) is 4.79 Å². The highest BCUT2D eigenvalue weighted by molar-refractivity contribution is 6.61. The number of rotatable bonds is 6. The second-order valence-electron chi connectivity index (χ2n) is 4.99. The summed E-state index contributed by atoms with van der Waals surface area (Å²) in [5.41, 5.74) is -1.49. The first-order valence-electron chi connectivity index (χ1n) is 6.22. The van der Waals surface area contributed by atoms with E-state index in [2.05, 4.69) is 0 Å². The first-order chi connectivity index (χ1) is 8.23. The van der Waals surface area contributed by atoms with Crippen LogP contribution in [0.15, 0.2) is 0 Å². The molecule has 0 unspecified atom stereocenters. The van der Waals surface area contributed by atoms with Gasteiger partial charge in [0.05, 0.1) is 5.54 Å². The molecule has 0 atom stereocenters. The average Bonchev–Trinajstić information content (AvgIpc) is 2.24. The molecule has 0 rings (SSSR count). The van der Waals surface area contributed by atoms with E-state index in [0.717, 1.165) is 12.8 Å². The molecule has 0 aliphatic heterocycles. The summed E-state index contributed by atoms with van der Waals surface area (Å²) in [5, 5.41) is 2.66. The molecule has 0 saturated heterocycles. The second-order valence-corrected chi connectivity index (χ2v) is 5.29. The van der Waals surface area contributed by atoms with E-state index < -0.39 is 11.0 Å². The Balaban J connectivity index is 4.91. The maximum absolute atomic E-state index is 12.1. The molecule has 0 fully saturated rings. The van der Waals surface area contributed by atoms with Gasteiger partial charge in [-0.05, 0) is 39.3 Å². The number of nitrogens with zero attached hydrogens (tertiary/aromatic N) is 2. The van der Waals surface area contributed by atoms with Crippen molar-refractivity contribution in [1.29, 1.82) is 0 Å². The number of hydroxylamine groups is 1. The Hall–Kier alpha value is -0.810. The summed E-state index contributed by atoms with van der Waals surface area (Å²) in [7, 11) is 0. The van der Waals surface area contributed by atoms with Gasteiger partial charge in [0.25, 0.3) is 0 Å². The zero-order chi connectivity index (χ0) is 14.3. The van der Waals surface area contributed by atoms with Crippen molar-refractivity contribution < 1.29 is 14.4 Å². The molecule has 0 spiro atoms. The van der Waals surface area contributed by atoms with Crippen molar-refractivity contribution in [2.75, 3.05) is 6.54 Å². The predicted octanol–water partition coefficient (Wildman–Crippen LogP) is 3.33. The van der Waals surface area contributed by atoms with Crippen LogP contribution in [0.5, 0.6) is 0 Å². The Kier molecular flexibility index (Phi) is 7.25. The number of unbranched alkanes of at least 4 members (excludes halogenated alkanes) is 1. The molecule has 0 saturated carbocycles. The number of carbonyl (C=O) groups is 2. The molecule has 18 heavy (non-hydrogen) atoms. The van der Waals surface area contributed by atoms with E-state index in [-0.39, 0.29) is 5.91 Å². The number of halogens is 1. The first kappa shape index (κ1) is 17.2. The molecule has 5 nitrogen and oxygen atoms in total. The lowest BCUT2D eigenvalue weighted by atomic mass is 10.1. The third-order valence-corrected chi connectivity index (χ3v) is 2.35. The third-order valence-electron chi connectivity index (χ3n) is 2.28. The fourth-order valence-corrected chi connectivity index (χ4v) is 1.54. The Labute approximate surface area is 114 Å². The fourth-order valence-electron chi connectivity index (χ4n) is 1.48. The molecule has 0 aromatic rings. The smallest absolute Gasteiger partial charge is 0.334 e. The van der Waals surface area contributed by atoms with Gasteiger partial charge in [0.1, 0.15) is 0 Å². The second kappa shape index (κ2) is 7.59. The van der Waals surface area contributed by atoms with Gasteiger partial charge in [-0.25, -0.2) is 9.80 Å². The van der Waals surface area contributed by atoms with Crippen LogP contribution in [0.2, 0.25) is 0 Å². The van der Waals surface area contributed by atoms with Crippen molar-refractivity contribution >= 4 is 22.9 Å². The largest absolute Gasteiger partial charge is 0.424 e. The van der Waals surface area contributed by atoms with Crippen LogP contribution in [0.1, 0.15) is 53.9 Å². The fraction of sp³-hybridized carbons (Fsp3) is 0.833. The summed E-state index contributed by atoms with van der Waals surface area (Å²) in [6.07, 6.45) is 2.17. The maximum Gasteiger partial charge on any atom is 0.424 e. The van der Waals surface area contributed by atoms with Crippen LogP contribution in [0, 0.1) is 0 Å². The van der Waals surface area contributed by atoms with Crippen molar-refractivity contribution in [3.05, 3.63) is 0 Å². The summed E-state index contributed by atoms with van der Waals surface area (Å²) < 4.78 is 0. The topological polar surface area (TPSA) is 49.9 Å². The molecule has 0 aromatic carbocycles. The van der Waals surface area contributed by atoms with Crippen LogP contribution in [0.3, 0.4) is 0 Å². The van der Waals surface area contributed by atoms with Gasteiger partial charge in [0.15, 0.2) is 0 Å². The minimum absolute atomic E-state index is 0.0767. The molecule has 0 bridgehead atoms. The molecular formula is C12H23ClN2O3. The van der Waals surface area contributed by atoms with Crippen LogP contribution in [-0.4, -0.2) is 33.6 Å². The van der Waals surface area contributed by atoms with E-state index in [4.69, 9.17) is 16.4 Å². The van der Waals surface area contributed by atoms with Gasteiger partial charge in [0.2, 0.25) is 5.91 Å². The van der Waals surface area contributed by atoms with Gasteiger partial charge in [-0.2, -0.15) is 0 Å².